The van der Waals surface area contributed by atoms with E-state index in [2.05, 4.69) is 15.0 Å². The first-order chi connectivity index (χ1) is 19.8. The molecule has 12 atom stereocenters. The highest BCUT2D eigenvalue weighted by atomic mass is 31.1. The Morgan fingerprint density at radius 3 is 2.57 bits per heavy atom. The smallest absolute Gasteiger partial charge is 0.367 e. The monoisotopic (exact) mass is 629 g/mol. The van der Waals surface area contributed by atoms with Gasteiger partial charge < -0.3 is 76.2 Å². The maximum atomic E-state index is 12.9. The molecule has 0 bridgehead atoms. The number of nitrogens with zero attached hydrogens (tertiary/aromatic N) is 2. The van der Waals surface area contributed by atoms with Crippen molar-refractivity contribution in [2.75, 3.05) is 26.9 Å². The van der Waals surface area contributed by atoms with Crippen LogP contribution in [0.5, 0.6) is 0 Å². The van der Waals surface area contributed by atoms with Crippen LogP contribution < -0.4 is 16.8 Å². The minimum atomic E-state index is -3.80. The lowest BCUT2D eigenvalue weighted by molar-refractivity contribution is -0.286. The predicted octanol–water partition coefficient (Wildman–Crippen LogP) is -6.50. The van der Waals surface area contributed by atoms with Crippen LogP contribution in [-0.4, -0.2) is 152 Å². The zero-order valence-corrected chi connectivity index (χ0v) is 23.2. The van der Waals surface area contributed by atoms with E-state index in [9.17, 15) is 49.9 Å². The third-order valence-electron chi connectivity index (χ3n) is 6.69. The van der Waals surface area contributed by atoms with E-state index in [-0.39, 0.29) is 5.84 Å². The second kappa shape index (κ2) is 14.4. The summed E-state index contributed by atoms with van der Waals surface area (Å²) in [5.41, 5.74) is 10.8. The molecule has 20 nitrogen and oxygen atoms in total. The summed E-state index contributed by atoms with van der Waals surface area (Å²) in [5.74, 6) is -4.86. The normalized spacial score (nSPS) is 37.1. The summed E-state index contributed by atoms with van der Waals surface area (Å²) in [6.45, 7) is -2.20. The van der Waals surface area contributed by atoms with Crippen molar-refractivity contribution >= 4 is 26.0 Å². The molecule has 3 rings (SSSR count). The molecule has 0 spiro atoms. The third-order valence-corrected chi connectivity index (χ3v) is 7.59. The minimum absolute atomic E-state index is 0.00529. The zero-order valence-electron chi connectivity index (χ0n) is 22.2. The van der Waals surface area contributed by atoms with Crippen molar-refractivity contribution in [2.24, 2.45) is 16.5 Å². The largest absolute Gasteiger partial charge is 0.465 e. The van der Waals surface area contributed by atoms with Gasteiger partial charge in [-0.3, -0.25) is 13.9 Å². The van der Waals surface area contributed by atoms with Crippen LogP contribution >= 0.6 is 8.25 Å². The van der Waals surface area contributed by atoms with E-state index >= 15 is 0 Å². The lowest BCUT2D eigenvalue weighted by atomic mass is 9.88. The predicted molar refractivity (Wildman–Crippen MR) is 136 cm³/mol. The number of methoxy groups -OCH3 is 1. The van der Waals surface area contributed by atoms with Gasteiger partial charge in [-0.15, -0.1) is 0 Å². The van der Waals surface area contributed by atoms with Crippen molar-refractivity contribution in [1.82, 2.24) is 10.2 Å². The Bertz CT molecular complexity index is 1050. The molecular formula is C21H36N5O15P. The zero-order chi connectivity index (χ0) is 31.4. The molecule has 2 saturated heterocycles. The van der Waals surface area contributed by atoms with Gasteiger partial charge in [0.2, 0.25) is 12.3 Å². The number of esters is 1. The van der Waals surface area contributed by atoms with Gasteiger partial charge in [0, 0.05) is 12.6 Å². The molecule has 3 heterocycles. The molecule has 240 valence electrons. The second-order valence-corrected chi connectivity index (χ2v) is 10.5. The van der Waals surface area contributed by atoms with E-state index in [4.69, 9.17) is 30.0 Å². The first-order valence-corrected chi connectivity index (χ1v) is 13.8. The van der Waals surface area contributed by atoms with Gasteiger partial charge in [-0.05, 0) is 6.08 Å². The van der Waals surface area contributed by atoms with E-state index in [1.54, 1.807) is 0 Å². The number of aliphatic hydroxyl groups is 7. The van der Waals surface area contributed by atoms with Gasteiger partial charge in [-0.1, -0.05) is 0 Å². The Hall–Kier alpha value is -2.30. The number of carbonyl (C=O) groups excluding carboxylic acids is 2. The van der Waals surface area contributed by atoms with E-state index in [1.807, 2.05) is 0 Å². The van der Waals surface area contributed by atoms with Crippen LogP contribution in [0, 0.1) is 0 Å². The molecule has 1 amide bonds. The van der Waals surface area contributed by atoms with Crippen molar-refractivity contribution in [3.63, 3.8) is 0 Å². The van der Waals surface area contributed by atoms with Gasteiger partial charge in [0.1, 0.15) is 42.5 Å². The van der Waals surface area contributed by atoms with E-state index in [1.165, 1.54) is 12.3 Å². The fourth-order valence-electron chi connectivity index (χ4n) is 4.52. The third kappa shape index (κ3) is 7.42. The average Bonchev–Trinajstić information content (AvgIpc) is 3.24. The first kappa shape index (κ1) is 34.2. The Morgan fingerprint density at radius 1 is 1.29 bits per heavy atom. The Morgan fingerprint density at radius 2 is 1.98 bits per heavy atom. The fraction of sp³-hybridized carbons (Fsp3) is 0.762. The summed E-state index contributed by atoms with van der Waals surface area (Å²) in [4.78, 5) is 29.4. The number of aliphatic hydroxyl groups excluding tert-OH is 7. The number of ether oxygens (including phenoxy) is 3. The fourth-order valence-corrected chi connectivity index (χ4v) is 5.36. The summed E-state index contributed by atoms with van der Waals surface area (Å²) >= 11 is 0. The summed E-state index contributed by atoms with van der Waals surface area (Å²) in [5, 5.41) is 73.8. The van der Waals surface area contributed by atoms with Crippen LogP contribution in [0.4, 0.5) is 0 Å². The molecule has 0 aromatic rings. The Labute approximate surface area is 239 Å². The molecule has 0 aromatic heterocycles. The molecule has 0 aliphatic carbocycles. The number of hydrogen-bond acceptors (Lipinski definition) is 19. The molecule has 42 heavy (non-hydrogen) atoms. The number of rotatable bonds is 12. The highest BCUT2D eigenvalue weighted by molar-refractivity contribution is 7.33. The van der Waals surface area contributed by atoms with Crippen molar-refractivity contribution in [1.29, 1.82) is 0 Å². The molecular weight excluding hydrogens is 593 g/mol. The molecule has 6 unspecified atom stereocenters. The van der Waals surface area contributed by atoms with Crippen LogP contribution in [0.1, 0.15) is 6.42 Å². The lowest BCUT2D eigenvalue weighted by Crippen LogP contribution is -2.68. The maximum absolute atomic E-state index is 12.9. The number of amidine groups is 1. The van der Waals surface area contributed by atoms with Gasteiger partial charge in [0.25, 0.3) is 5.79 Å². The molecule has 21 heteroatoms. The number of aliphatic imine (C=N–C) groups is 1. The van der Waals surface area contributed by atoms with Crippen molar-refractivity contribution in [2.45, 2.75) is 73.6 Å². The maximum Gasteiger partial charge on any atom is 0.367 e. The molecule has 0 aromatic carbocycles. The minimum Gasteiger partial charge on any atom is -0.465 e. The van der Waals surface area contributed by atoms with E-state index in [0.29, 0.717) is 0 Å². The standard InChI is InChI=1S/C21H36N5O15P/c1-37-19(34)21(4-8(28)13(25-12(30)5-22)17(40-21)14(31)9(29)6-27)41-42(36)38-7-10-15(32)16(33)18(39-10)26-3-2-11(23)24-20(26)35/h2-3,8-10,13-18,20,27-29,31-33,35,42H,4-7,22H2,1H3,(H2,23,24)(H,25,30)/t8?,9-,10-,13-,14-,15?,16?,17?,18-,20?,21-/m1/s1. The van der Waals surface area contributed by atoms with Gasteiger partial charge in [-0.25, -0.2) is 9.79 Å². The topological polar surface area (TPSA) is 319 Å². The van der Waals surface area contributed by atoms with Gasteiger partial charge in [0.15, 0.2) is 6.23 Å². The summed E-state index contributed by atoms with van der Waals surface area (Å²) in [6, 6.07) is -1.48. The van der Waals surface area contributed by atoms with Crippen molar-refractivity contribution in [3.05, 3.63) is 12.3 Å². The Balaban J connectivity index is 1.74. The number of hydrogen-bond donors (Lipinski definition) is 10. The number of carbonyl (C=O) groups is 2. The number of nitrogens with two attached hydrogens (primary N) is 2. The summed E-state index contributed by atoms with van der Waals surface area (Å²) in [6.07, 6.45) is -13.1. The average molecular weight is 630 g/mol. The van der Waals surface area contributed by atoms with Crippen molar-refractivity contribution < 1.29 is 73.2 Å². The van der Waals surface area contributed by atoms with Crippen LogP contribution in [0.15, 0.2) is 17.3 Å². The van der Waals surface area contributed by atoms with E-state index in [0.717, 1.165) is 12.0 Å². The highest BCUT2D eigenvalue weighted by Crippen LogP contribution is 2.42. The van der Waals surface area contributed by atoms with Gasteiger partial charge in [0.05, 0.1) is 39.0 Å². The number of amides is 1. The molecule has 3 aliphatic heterocycles. The number of nitrogens with one attached hydrogen (secondary N) is 1. The Kier molecular flexibility index (Phi) is 11.8. The second-order valence-electron chi connectivity index (χ2n) is 9.51. The van der Waals surface area contributed by atoms with Gasteiger partial charge >= 0.3 is 14.2 Å². The van der Waals surface area contributed by atoms with Crippen LogP contribution in [-0.2, 0) is 37.4 Å². The molecule has 0 saturated carbocycles. The molecule has 0 radical (unpaired) electrons. The molecule has 12 N–H and O–H groups in total. The SMILES string of the molecule is COC(=O)[C@]1(O[PH](=O)OC[C@H]2O[C@@H](N3C=CC(N)=NC3O)C(O)C2O)CC(O)[C@@H](NC(=O)CN)C([C@H](O)[C@H](O)CO)O1. The van der Waals surface area contributed by atoms with Crippen LogP contribution in [0.25, 0.3) is 0 Å². The van der Waals surface area contributed by atoms with E-state index < -0.39 is 113 Å². The van der Waals surface area contributed by atoms with Crippen LogP contribution in [0.3, 0.4) is 0 Å². The van der Waals surface area contributed by atoms with Crippen LogP contribution in [0.2, 0.25) is 0 Å². The van der Waals surface area contributed by atoms with Crippen molar-refractivity contribution in [3.8, 4) is 0 Å². The molecule has 2 fully saturated rings. The first-order valence-electron chi connectivity index (χ1n) is 12.5. The van der Waals surface area contributed by atoms with Gasteiger partial charge in [-0.2, -0.15) is 0 Å². The summed E-state index contributed by atoms with van der Waals surface area (Å²) in [7, 11) is -2.90. The molecule has 3 aliphatic rings. The quantitative estimate of drug-likeness (QED) is 0.0708. The summed E-state index contributed by atoms with van der Waals surface area (Å²) < 4.78 is 39.0. The highest BCUT2D eigenvalue weighted by Gasteiger charge is 2.57. The lowest BCUT2D eigenvalue weighted by Gasteiger charge is -2.46.